The highest BCUT2D eigenvalue weighted by Crippen LogP contribution is 2.28. The van der Waals surface area contributed by atoms with Crippen LogP contribution in [0.5, 0.6) is 0 Å². The lowest BCUT2D eigenvalue weighted by molar-refractivity contribution is -0.141. The molecule has 1 unspecified atom stereocenters. The fraction of sp³-hybridized carbons (Fsp3) is 0.304. The largest absolute Gasteiger partial charge is 0.344 e. The first kappa shape index (κ1) is 21.5. The number of hydrogen-bond acceptors (Lipinski definition) is 4. The summed E-state index contributed by atoms with van der Waals surface area (Å²) in [5.41, 5.74) is 2.17. The number of piperidine rings is 1. The molecule has 2 aromatic rings. The van der Waals surface area contributed by atoms with Crippen molar-refractivity contribution in [3.8, 4) is 0 Å². The SMILES string of the molecule is CC1(c2ccccc2)NC(=O)N(NC(=O)C2CCN(C(=O)c3ccc(F)cc3)CC2)C1=O. The Morgan fingerprint density at radius 2 is 1.66 bits per heavy atom. The average Bonchev–Trinajstić information content (AvgIpc) is 3.03. The van der Waals surface area contributed by atoms with Gasteiger partial charge in [0.1, 0.15) is 11.4 Å². The van der Waals surface area contributed by atoms with E-state index in [0.29, 0.717) is 37.1 Å². The molecule has 1 atom stereocenters. The highest BCUT2D eigenvalue weighted by atomic mass is 19.1. The fourth-order valence-corrected chi connectivity index (χ4v) is 4.03. The van der Waals surface area contributed by atoms with E-state index in [2.05, 4.69) is 10.7 Å². The van der Waals surface area contributed by atoms with Gasteiger partial charge in [-0.2, -0.15) is 5.01 Å². The third-order valence-electron chi connectivity index (χ3n) is 6.01. The van der Waals surface area contributed by atoms with Gasteiger partial charge in [0.25, 0.3) is 11.8 Å². The molecule has 0 aromatic heterocycles. The second kappa shape index (κ2) is 8.41. The molecule has 8 nitrogen and oxygen atoms in total. The zero-order chi connectivity index (χ0) is 22.9. The molecule has 0 spiro atoms. The molecule has 0 saturated carbocycles. The Morgan fingerprint density at radius 3 is 2.28 bits per heavy atom. The van der Waals surface area contributed by atoms with Crippen LogP contribution in [0.15, 0.2) is 54.6 Å². The number of nitrogens with one attached hydrogen (secondary N) is 2. The molecule has 2 aliphatic rings. The van der Waals surface area contributed by atoms with E-state index in [9.17, 15) is 23.6 Å². The number of nitrogens with zero attached hydrogens (tertiary/aromatic N) is 2. The zero-order valence-electron chi connectivity index (χ0n) is 17.5. The number of urea groups is 1. The summed E-state index contributed by atoms with van der Waals surface area (Å²) in [6, 6.07) is 13.4. The molecule has 32 heavy (non-hydrogen) atoms. The number of likely N-dealkylation sites (tertiary alicyclic amines) is 1. The summed E-state index contributed by atoms with van der Waals surface area (Å²) in [6.07, 6.45) is 0.775. The number of carbonyl (C=O) groups is 4. The monoisotopic (exact) mass is 438 g/mol. The van der Waals surface area contributed by atoms with Gasteiger partial charge < -0.3 is 10.2 Å². The van der Waals surface area contributed by atoms with Crippen LogP contribution in [0.3, 0.4) is 0 Å². The van der Waals surface area contributed by atoms with Crippen molar-refractivity contribution in [1.29, 1.82) is 0 Å². The maximum atomic E-state index is 13.1. The molecule has 2 aromatic carbocycles. The van der Waals surface area contributed by atoms with Crippen LogP contribution in [0.1, 0.15) is 35.7 Å². The Morgan fingerprint density at radius 1 is 1.03 bits per heavy atom. The molecule has 0 radical (unpaired) electrons. The number of hydrogen-bond donors (Lipinski definition) is 2. The van der Waals surface area contributed by atoms with Crippen LogP contribution in [-0.2, 0) is 15.1 Å². The molecule has 2 heterocycles. The maximum Gasteiger partial charge on any atom is 0.344 e. The molecule has 0 aliphatic carbocycles. The molecule has 5 amide bonds. The third-order valence-corrected chi connectivity index (χ3v) is 6.01. The van der Waals surface area contributed by atoms with Crippen molar-refractivity contribution in [2.75, 3.05) is 13.1 Å². The van der Waals surface area contributed by atoms with Gasteiger partial charge in [0.15, 0.2) is 0 Å². The van der Waals surface area contributed by atoms with E-state index >= 15 is 0 Å². The van der Waals surface area contributed by atoms with E-state index in [4.69, 9.17) is 0 Å². The number of rotatable bonds is 4. The van der Waals surface area contributed by atoms with E-state index < -0.39 is 35.1 Å². The van der Waals surface area contributed by atoms with Gasteiger partial charge in [-0.15, -0.1) is 0 Å². The van der Waals surface area contributed by atoms with Gasteiger partial charge in [-0.1, -0.05) is 30.3 Å². The Hall–Kier alpha value is -3.75. The lowest BCUT2D eigenvalue weighted by Crippen LogP contribution is -2.51. The van der Waals surface area contributed by atoms with Gasteiger partial charge in [0.05, 0.1) is 0 Å². The van der Waals surface area contributed by atoms with Crippen LogP contribution in [0.2, 0.25) is 0 Å². The number of imide groups is 1. The van der Waals surface area contributed by atoms with E-state index in [1.165, 1.54) is 24.3 Å². The number of hydrazine groups is 1. The van der Waals surface area contributed by atoms with E-state index in [0.717, 1.165) is 5.01 Å². The average molecular weight is 438 g/mol. The van der Waals surface area contributed by atoms with Crippen molar-refractivity contribution in [1.82, 2.24) is 20.7 Å². The summed E-state index contributed by atoms with van der Waals surface area (Å²) in [5.74, 6) is -2.10. The maximum absolute atomic E-state index is 13.1. The lowest BCUT2D eigenvalue weighted by atomic mass is 9.92. The molecular formula is C23H23FN4O4. The predicted octanol–water partition coefficient (Wildman–Crippen LogP) is 2.18. The molecule has 2 fully saturated rings. The van der Waals surface area contributed by atoms with E-state index in [-0.39, 0.29) is 5.91 Å². The van der Waals surface area contributed by atoms with E-state index in [1.807, 2.05) is 0 Å². The number of halogens is 1. The molecule has 2 N–H and O–H groups in total. The van der Waals surface area contributed by atoms with Gasteiger partial charge in [0.2, 0.25) is 5.91 Å². The van der Waals surface area contributed by atoms with Gasteiger partial charge >= 0.3 is 6.03 Å². The summed E-state index contributed by atoms with van der Waals surface area (Å²) in [7, 11) is 0. The number of amides is 5. The first-order valence-electron chi connectivity index (χ1n) is 10.4. The van der Waals surface area contributed by atoms with Crippen molar-refractivity contribution >= 4 is 23.8 Å². The van der Waals surface area contributed by atoms with Gasteiger partial charge in [-0.05, 0) is 49.6 Å². The highest BCUT2D eigenvalue weighted by molar-refractivity contribution is 6.08. The van der Waals surface area contributed by atoms with Gasteiger partial charge in [-0.25, -0.2) is 9.18 Å². The predicted molar refractivity (Wildman–Crippen MR) is 112 cm³/mol. The van der Waals surface area contributed by atoms with Crippen molar-refractivity contribution < 1.29 is 23.6 Å². The Kier molecular flexibility index (Phi) is 5.65. The Balaban J connectivity index is 1.36. The normalized spacial score (nSPS) is 21.4. The molecule has 9 heteroatoms. The molecular weight excluding hydrogens is 415 g/mol. The minimum atomic E-state index is -1.27. The summed E-state index contributed by atoms with van der Waals surface area (Å²) in [6.45, 7) is 2.28. The van der Waals surface area contributed by atoms with Crippen LogP contribution in [0, 0.1) is 11.7 Å². The quantitative estimate of drug-likeness (QED) is 0.715. The lowest BCUT2D eigenvalue weighted by Gasteiger charge is -2.32. The Labute approximate surface area is 184 Å². The van der Waals surface area contributed by atoms with Crippen molar-refractivity contribution in [2.24, 2.45) is 5.92 Å². The minimum Gasteiger partial charge on any atom is -0.339 e. The summed E-state index contributed by atoms with van der Waals surface area (Å²) in [5, 5.41) is 3.37. The molecule has 2 aliphatic heterocycles. The molecule has 2 saturated heterocycles. The number of benzene rings is 2. The van der Waals surface area contributed by atoms with Crippen molar-refractivity contribution in [2.45, 2.75) is 25.3 Å². The standard InChI is InChI=1S/C23H23FN4O4/c1-23(17-5-3-2-4-6-17)21(31)28(22(32)25-23)26-19(29)15-11-13-27(14-12-15)20(30)16-7-9-18(24)10-8-16/h2-10,15H,11-14H2,1H3,(H,25,32)(H,26,29). The van der Waals surface area contributed by atoms with Crippen LogP contribution in [0.25, 0.3) is 0 Å². The second-order valence-corrected chi connectivity index (χ2v) is 8.11. The summed E-state index contributed by atoms with van der Waals surface area (Å²) in [4.78, 5) is 52.3. The number of carbonyl (C=O) groups excluding carboxylic acids is 4. The topological polar surface area (TPSA) is 98.8 Å². The fourth-order valence-electron chi connectivity index (χ4n) is 4.03. The van der Waals surface area contributed by atoms with Crippen molar-refractivity contribution in [3.63, 3.8) is 0 Å². The highest BCUT2D eigenvalue weighted by Gasteiger charge is 2.50. The first-order chi connectivity index (χ1) is 15.3. The third kappa shape index (κ3) is 3.93. The van der Waals surface area contributed by atoms with Crippen molar-refractivity contribution in [3.05, 3.63) is 71.5 Å². The smallest absolute Gasteiger partial charge is 0.339 e. The van der Waals surface area contributed by atoms with Crippen LogP contribution in [0.4, 0.5) is 9.18 Å². The second-order valence-electron chi connectivity index (χ2n) is 8.11. The van der Waals surface area contributed by atoms with Gasteiger partial charge in [-0.3, -0.25) is 19.8 Å². The van der Waals surface area contributed by atoms with Gasteiger partial charge in [0, 0.05) is 24.6 Å². The summed E-state index contributed by atoms with van der Waals surface area (Å²) < 4.78 is 13.1. The molecule has 4 rings (SSSR count). The summed E-state index contributed by atoms with van der Waals surface area (Å²) >= 11 is 0. The minimum absolute atomic E-state index is 0.225. The Bertz CT molecular complexity index is 1050. The van der Waals surface area contributed by atoms with Crippen LogP contribution >= 0.6 is 0 Å². The molecule has 166 valence electrons. The van der Waals surface area contributed by atoms with Crippen LogP contribution < -0.4 is 10.7 Å². The van der Waals surface area contributed by atoms with Crippen LogP contribution in [-0.4, -0.2) is 46.8 Å². The molecule has 0 bridgehead atoms. The first-order valence-corrected chi connectivity index (χ1v) is 10.4. The zero-order valence-corrected chi connectivity index (χ0v) is 17.5. The van der Waals surface area contributed by atoms with E-state index in [1.54, 1.807) is 42.2 Å².